The van der Waals surface area contributed by atoms with Gasteiger partial charge < -0.3 is 9.72 Å². The summed E-state index contributed by atoms with van der Waals surface area (Å²) in [4.78, 5) is 26.3. The Hall–Kier alpha value is -1.63. The fourth-order valence-electron chi connectivity index (χ4n) is 1.21. The minimum absolute atomic E-state index is 0.281. The monoisotopic (exact) mass is 238 g/mol. The molecule has 0 saturated heterocycles. The summed E-state index contributed by atoms with van der Waals surface area (Å²) in [5, 5.41) is 0.381. The van der Waals surface area contributed by atoms with E-state index in [1.807, 2.05) is 0 Å². The summed E-state index contributed by atoms with van der Waals surface area (Å²) in [5.41, 5.74) is 1.33. The van der Waals surface area contributed by atoms with Gasteiger partial charge in [0.15, 0.2) is 5.65 Å². The Balaban J connectivity index is 2.27. The maximum absolute atomic E-state index is 11.3. The Bertz CT molecular complexity index is 513. The second-order valence-electron chi connectivity index (χ2n) is 3.06. The van der Waals surface area contributed by atoms with E-state index in [-0.39, 0.29) is 11.2 Å². The van der Waals surface area contributed by atoms with Gasteiger partial charge >= 0.3 is 5.97 Å². The third-order valence-corrected chi connectivity index (χ3v) is 3.09. The van der Waals surface area contributed by atoms with Crippen LogP contribution in [0.3, 0.4) is 0 Å². The fraction of sp³-hybridized carbons (Fsp3) is 0.333. The predicted molar refractivity (Wildman–Crippen MR) is 59.0 cm³/mol. The van der Waals surface area contributed by atoms with Crippen LogP contribution in [0.25, 0.3) is 11.2 Å². The number of ether oxygens (including phenoxy) is 1. The Morgan fingerprint density at radius 3 is 3.06 bits per heavy atom. The maximum Gasteiger partial charge on any atom is 0.318 e. The van der Waals surface area contributed by atoms with Crippen molar-refractivity contribution >= 4 is 28.9 Å². The van der Waals surface area contributed by atoms with E-state index in [2.05, 4.69) is 24.7 Å². The molecule has 0 aliphatic heterocycles. The number of rotatable bonds is 3. The normalized spacial score (nSPS) is 12.6. The molecule has 2 aromatic heterocycles. The van der Waals surface area contributed by atoms with E-state index < -0.39 is 0 Å². The number of nitrogens with one attached hydrogen (secondary N) is 1. The number of carbonyl (C=O) groups is 1. The molecule has 0 saturated carbocycles. The Kier molecular flexibility index (Phi) is 3.04. The van der Waals surface area contributed by atoms with Gasteiger partial charge in [0.05, 0.1) is 13.4 Å². The SMILES string of the molecule is COC(=O)[C@@H](C)Sc1ncnc2nc[nH]c12. The summed E-state index contributed by atoms with van der Waals surface area (Å²) in [5.74, 6) is -0.281. The number of hydrogen-bond acceptors (Lipinski definition) is 6. The van der Waals surface area contributed by atoms with Gasteiger partial charge in [0.25, 0.3) is 0 Å². The molecule has 16 heavy (non-hydrogen) atoms. The van der Waals surface area contributed by atoms with Gasteiger partial charge in [0, 0.05) is 0 Å². The van der Waals surface area contributed by atoms with Crippen molar-refractivity contribution in [3.8, 4) is 0 Å². The molecular weight excluding hydrogens is 228 g/mol. The molecule has 0 aliphatic rings. The number of carbonyl (C=O) groups excluding carboxylic acids is 1. The molecule has 1 N–H and O–H groups in total. The molecule has 2 heterocycles. The first kappa shape index (κ1) is 10.9. The van der Waals surface area contributed by atoms with Crippen molar-refractivity contribution < 1.29 is 9.53 Å². The van der Waals surface area contributed by atoms with Crippen molar-refractivity contribution in [2.45, 2.75) is 17.2 Å². The van der Waals surface area contributed by atoms with Crippen molar-refractivity contribution in [1.82, 2.24) is 19.9 Å². The van der Waals surface area contributed by atoms with E-state index >= 15 is 0 Å². The average molecular weight is 238 g/mol. The average Bonchev–Trinajstić information content (AvgIpc) is 2.77. The molecule has 2 rings (SSSR count). The zero-order chi connectivity index (χ0) is 11.5. The quantitative estimate of drug-likeness (QED) is 0.488. The summed E-state index contributed by atoms with van der Waals surface area (Å²) in [7, 11) is 1.37. The highest BCUT2D eigenvalue weighted by atomic mass is 32.2. The first-order chi connectivity index (χ1) is 7.72. The molecule has 0 fully saturated rings. The highest BCUT2D eigenvalue weighted by molar-refractivity contribution is 8.00. The van der Waals surface area contributed by atoms with E-state index in [4.69, 9.17) is 0 Å². The molecule has 6 nitrogen and oxygen atoms in total. The van der Waals surface area contributed by atoms with Crippen LogP contribution in [-0.2, 0) is 9.53 Å². The maximum atomic E-state index is 11.3. The van der Waals surface area contributed by atoms with E-state index in [1.54, 1.807) is 13.3 Å². The summed E-state index contributed by atoms with van der Waals surface area (Å²) < 4.78 is 4.65. The predicted octanol–water partition coefficient (Wildman–Crippen LogP) is 1.01. The molecule has 0 aliphatic carbocycles. The van der Waals surface area contributed by atoms with Crippen LogP contribution in [0.5, 0.6) is 0 Å². The number of esters is 1. The second-order valence-corrected chi connectivity index (χ2v) is 4.39. The number of nitrogens with zero attached hydrogens (tertiary/aromatic N) is 3. The smallest absolute Gasteiger partial charge is 0.318 e. The lowest BCUT2D eigenvalue weighted by atomic mass is 10.5. The number of thioether (sulfide) groups is 1. The van der Waals surface area contributed by atoms with Crippen LogP contribution in [0, 0.1) is 0 Å². The first-order valence-corrected chi connectivity index (χ1v) is 5.49. The van der Waals surface area contributed by atoms with E-state index in [1.165, 1.54) is 25.2 Å². The van der Waals surface area contributed by atoms with Gasteiger partial charge in [-0.1, -0.05) is 11.8 Å². The van der Waals surface area contributed by atoms with Crippen molar-refractivity contribution in [2.75, 3.05) is 7.11 Å². The van der Waals surface area contributed by atoms with Crippen molar-refractivity contribution in [1.29, 1.82) is 0 Å². The van der Waals surface area contributed by atoms with Crippen LogP contribution in [0.2, 0.25) is 0 Å². The van der Waals surface area contributed by atoms with Crippen LogP contribution < -0.4 is 0 Å². The lowest BCUT2D eigenvalue weighted by molar-refractivity contribution is -0.139. The molecule has 1 atom stereocenters. The summed E-state index contributed by atoms with van der Waals surface area (Å²) >= 11 is 1.31. The standard InChI is InChI=1S/C9H10N4O2S/c1-5(9(14)15-2)16-8-6-7(11-3-10-6)12-4-13-8/h3-5H,1-2H3,(H,10,11,12,13)/t5-/m1/s1. The Morgan fingerprint density at radius 2 is 2.31 bits per heavy atom. The van der Waals surface area contributed by atoms with Crippen molar-refractivity contribution in [2.24, 2.45) is 0 Å². The van der Waals surface area contributed by atoms with E-state index in [0.717, 1.165) is 5.52 Å². The molecule has 0 unspecified atom stereocenters. The van der Waals surface area contributed by atoms with Crippen molar-refractivity contribution in [3.05, 3.63) is 12.7 Å². The molecule has 0 radical (unpaired) electrons. The fourth-order valence-corrected chi connectivity index (χ4v) is 2.12. The topological polar surface area (TPSA) is 80.8 Å². The number of hydrogen-bond donors (Lipinski definition) is 1. The molecule has 0 aromatic carbocycles. The van der Waals surface area contributed by atoms with Crippen LogP contribution in [-0.4, -0.2) is 38.3 Å². The third-order valence-electron chi connectivity index (χ3n) is 2.01. The van der Waals surface area contributed by atoms with Gasteiger partial charge in [-0.25, -0.2) is 15.0 Å². The lowest BCUT2D eigenvalue weighted by Gasteiger charge is -2.07. The zero-order valence-corrected chi connectivity index (χ0v) is 9.61. The van der Waals surface area contributed by atoms with Gasteiger partial charge in [0.1, 0.15) is 22.1 Å². The molecular formula is C9H10N4O2S. The van der Waals surface area contributed by atoms with Gasteiger partial charge in [-0.15, -0.1) is 0 Å². The van der Waals surface area contributed by atoms with Crippen LogP contribution >= 0.6 is 11.8 Å². The highest BCUT2D eigenvalue weighted by Crippen LogP contribution is 2.26. The Morgan fingerprint density at radius 1 is 1.50 bits per heavy atom. The number of fused-ring (bicyclic) bond motifs is 1. The molecule has 0 bridgehead atoms. The highest BCUT2D eigenvalue weighted by Gasteiger charge is 2.17. The first-order valence-electron chi connectivity index (χ1n) is 4.61. The molecule has 0 amide bonds. The van der Waals surface area contributed by atoms with Crippen molar-refractivity contribution in [3.63, 3.8) is 0 Å². The van der Waals surface area contributed by atoms with Gasteiger partial charge in [-0.3, -0.25) is 4.79 Å². The second kappa shape index (κ2) is 4.48. The number of methoxy groups -OCH3 is 1. The summed E-state index contributed by atoms with van der Waals surface area (Å²) in [6, 6.07) is 0. The molecule has 7 heteroatoms. The summed E-state index contributed by atoms with van der Waals surface area (Å²) in [6.45, 7) is 1.76. The van der Waals surface area contributed by atoms with Crippen LogP contribution in [0.1, 0.15) is 6.92 Å². The zero-order valence-electron chi connectivity index (χ0n) is 8.80. The van der Waals surface area contributed by atoms with E-state index in [9.17, 15) is 4.79 Å². The minimum atomic E-state index is -0.314. The summed E-state index contributed by atoms with van der Waals surface area (Å²) in [6.07, 6.45) is 2.97. The van der Waals surface area contributed by atoms with Crippen LogP contribution in [0.15, 0.2) is 17.7 Å². The molecule has 0 spiro atoms. The van der Waals surface area contributed by atoms with Gasteiger partial charge in [0.2, 0.25) is 0 Å². The number of H-pyrrole nitrogens is 1. The number of imidazole rings is 1. The lowest BCUT2D eigenvalue weighted by Crippen LogP contribution is -2.14. The molecule has 2 aromatic rings. The number of aromatic nitrogens is 4. The third kappa shape index (κ3) is 1.99. The molecule has 84 valence electrons. The van der Waals surface area contributed by atoms with Gasteiger partial charge in [-0.05, 0) is 6.92 Å². The van der Waals surface area contributed by atoms with Gasteiger partial charge in [-0.2, -0.15) is 0 Å². The minimum Gasteiger partial charge on any atom is -0.468 e. The Labute approximate surface area is 95.8 Å². The largest absolute Gasteiger partial charge is 0.468 e. The van der Waals surface area contributed by atoms with E-state index in [0.29, 0.717) is 10.7 Å². The number of aromatic amines is 1. The van der Waals surface area contributed by atoms with Crippen LogP contribution in [0.4, 0.5) is 0 Å².